The third-order valence-corrected chi connectivity index (χ3v) is 5.13. The molecular formula is C17H24F3N3O3. The second kappa shape index (κ2) is 7.67. The Labute approximate surface area is 149 Å². The third kappa shape index (κ3) is 4.46. The number of likely N-dealkylation sites (tertiary alicyclic amines) is 1. The number of aliphatic hydroxyl groups is 3. The normalized spacial score (nSPS) is 31.2. The third-order valence-electron chi connectivity index (χ3n) is 5.13. The average molecular weight is 375 g/mol. The molecule has 3 atom stereocenters. The number of β-amino-alcohol motifs (C(OH)–C–C–N with tert-alkyl or cyclic N) is 2. The number of aliphatic hydroxyl groups excluding tert-OH is 3. The summed E-state index contributed by atoms with van der Waals surface area (Å²) >= 11 is 0. The lowest BCUT2D eigenvalue weighted by molar-refractivity contribution is -0.137. The number of alkyl halides is 3. The van der Waals surface area contributed by atoms with E-state index in [1.165, 1.54) is 6.20 Å². The van der Waals surface area contributed by atoms with E-state index >= 15 is 0 Å². The van der Waals surface area contributed by atoms with E-state index < -0.39 is 30.1 Å². The summed E-state index contributed by atoms with van der Waals surface area (Å²) in [6.45, 7) is 2.43. The molecular weight excluding hydrogens is 351 g/mol. The van der Waals surface area contributed by atoms with E-state index in [2.05, 4.69) is 4.98 Å². The minimum Gasteiger partial charge on any atom is -0.389 e. The van der Waals surface area contributed by atoms with Crippen molar-refractivity contribution < 1.29 is 28.5 Å². The molecule has 3 rings (SSSR count). The van der Waals surface area contributed by atoms with Gasteiger partial charge in [0.1, 0.15) is 6.10 Å². The number of hydrogen-bond acceptors (Lipinski definition) is 6. The molecule has 2 saturated heterocycles. The van der Waals surface area contributed by atoms with Crippen molar-refractivity contribution in [1.82, 2.24) is 9.88 Å². The van der Waals surface area contributed by atoms with E-state index in [-0.39, 0.29) is 19.0 Å². The van der Waals surface area contributed by atoms with Crippen molar-refractivity contribution in [2.24, 2.45) is 5.92 Å². The molecule has 3 N–H and O–H groups in total. The van der Waals surface area contributed by atoms with Gasteiger partial charge in [-0.2, -0.15) is 13.2 Å². The van der Waals surface area contributed by atoms with E-state index in [4.69, 9.17) is 0 Å². The summed E-state index contributed by atoms with van der Waals surface area (Å²) in [5, 5.41) is 29.2. The Morgan fingerprint density at radius 3 is 2.42 bits per heavy atom. The van der Waals surface area contributed by atoms with Crippen LogP contribution in [-0.4, -0.2) is 76.2 Å². The van der Waals surface area contributed by atoms with Crippen LogP contribution in [0.2, 0.25) is 0 Å². The molecule has 0 spiro atoms. The molecule has 26 heavy (non-hydrogen) atoms. The summed E-state index contributed by atoms with van der Waals surface area (Å²) in [7, 11) is 0. The quantitative estimate of drug-likeness (QED) is 0.722. The Kier molecular flexibility index (Phi) is 5.71. The highest BCUT2D eigenvalue weighted by Gasteiger charge is 2.35. The average Bonchev–Trinajstić information content (AvgIpc) is 2.59. The largest absolute Gasteiger partial charge is 0.417 e. The molecule has 0 amide bonds. The van der Waals surface area contributed by atoms with Gasteiger partial charge < -0.3 is 20.2 Å². The van der Waals surface area contributed by atoms with Crippen LogP contribution in [0, 0.1) is 5.92 Å². The molecule has 0 aromatic carbocycles. The fraction of sp³-hybridized carbons (Fsp3) is 0.706. The molecule has 0 saturated carbocycles. The zero-order valence-electron chi connectivity index (χ0n) is 14.3. The van der Waals surface area contributed by atoms with Crippen LogP contribution in [-0.2, 0) is 6.18 Å². The Bertz CT molecular complexity index is 604. The SMILES string of the molecule is OC1CN(C[C@H]2CCCN(c3cncc(C(F)(F)F)c3)C2)CC(O)C1O. The van der Waals surface area contributed by atoms with Gasteiger partial charge in [-0.3, -0.25) is 9.88 Å². The molecule has 1 aromatic rings. The maximum atomic E-state index is 12.9. The molecule has 3 heterocycles. The maximum Gasteiger partial charge on any atom is 0.417 e. The van der Waals surface area contributed by atoms with E-state index in [9.17, 15) is 28.5 Å². The first-order valence-electron chi connectivity index (χ1n) is 8.78. The van der Waals surface area contributed by atoms with Gasteiger partial charge in [0.2, 0.25) is 0 Å². The smallest absolute Gasteiger partial charge is 0.389 e. The van der Waals surface area contributed by atoms with E-state index in [0.717, 1.165) is 25.1 Å². The number of rotatable bonds is 3. The summed E-state index contributed by atoms with van der Waals surface area (Å²) in [5.74, 6) is 0.202. The molecule has 0 bridgehead atoms. The van der Waals surface area contributed by atoms with Gasteiger partial charge in [0.05, 0.1) is 29.7 Å². The van der Waals surface area contributed by atoms with Crippen molar-refractivity contribution in [1.29, 1.82) is 0 Å². The van der Waals surface area contributed by atoms with Crippen molar-refractivity contribution in [2.45, 2.75) is 37.3 Å². The van der Waals surface area contributed by atoms with Crippen LogP contribution in [0.15, 0.2) is 18.5 Å². The van der Waals surface area contributed by atoms with Gasteiger partial charge >= 0.3 is 6.18 Å². The van der Waals surface area contributed by atoms with Crippen LogP contribution in [0.5, 0.6) is 0 Å². The molecule has 0 radical (unpaired) electrons. The Hall–Kier alpha value is -1.42. The van der Waals surface area contributed by atoms with Crippen molar-refractivity contribution in [3.05, 3.63) is 24.0 Å². The summed E-state index contributed by atoms with van der Waals surface area (Å²) in [4.78, 5) is 7.54. The molecule has 1 aromatic heterocycles. The monoisotopic (exact) mass is 375 g/mol. The zero-order valence-corrected chi connectivity index (χ0v) is 14.3. The highest BCUT2D eigenvalue weighted by Crippen LogP contribution is 2.32. The first kappa shape index (κ1) is 19.3. The Morgan fingerprint density at radius 1 is 1.08 bits per heavy atom. The fourth-order valence-corrected chi connectivity index (χ4v) is 3.79. The molecule has 146 valence electrons. The van der Waals surface area contributed by atoms with Crippen LogP contribution < -0.4 is 4.90 Å². The number of hydrogen-bond donors (Lipinski definition) is 3. The first-order valence-corrected chi connectivity index (χ1v) is 8.78. The van der Waals surface area contributed by atoms with Crippen LogP contribution in [0.3, 0.4) is 0 Å². The number of pyridine rings is 1. The Balaban J connectivity index is 1.63. The summed E-state index contributed by atoms with van der Waals surface area (Å²) in [6, 6.07) is 1.13. The minimum absolute atomic E-state index is 0.202. The molecule has 2 aliphatic heterocycles. The van der Waals surface area contributed by atoms with Gasteiger partial charge in [-0.05, 0) is 24.8 Å². The van der Waals surface area contributed by atoms with Gasteiger partial charge in [-0.15, -0.1) is 0 Å². The van der Waals surface area contributed by atoms with Crippen LogP contribution >= 0.6 is 0 Å². The number of piperidine rings is 2. The van der Waals surface area contributed by atoms with E-state index in [1.807, 2.05) is 9.80 Å². The van der Waals surface area contributed by atoms with E-state index in [0.29, 0.717) is 25.3 Å². The van der Waals surface area contributed by atoms with Gasteiger partial charge in [0, 0.05) is 38.9 Å². The summed E-state index contributed by atoms with van der Waals surface area (Å²) in [5.41, 5.74) is -0.299. The second-order valence-corrected chi connectivity index (χ2v) is 7.23. The van der Waals surface area contributed by atoms with Gasteiger partial charge in [0.25, 0.3) is 0 Å². The Morgan fingerprint density at radius 2 is 1.77 bits per heavy atom. The zero-order chi connectivity index (χ0) is 18.9. The summed E-state index contributed by atoms with van der Waals surface area (Å²) < 4.78 is 38.7. The van der Waals surface area contributed by atoms with Crippen LogP contribution in [0.25, 0.3) is 0 Å². The van der Waals surface area contributed by atoms with Crippen molar-refractivity contribution >= 4 is 5.69 Å². The van der Waals surface area contributed by atoms with Crippen molar-refractivity contribution in [3.8, 4) is 0 Å². The van der Waals surface area contributed by atoms with Gasteiger partial charge in [-0.25, -0.2) is 0 Å². The molecule has 2 unspecified atom stereocenters. The number of nitrogens with zero attached hydrogens (tertiary/aromatic N) is 3. The molecule has 2 aliphatic rings. The predicted octanol–water partition coefficient (Wildman–Crippen LogP) is 0.715. The standard InChI is InChI=1S/C17H24F3N3O3/c18-17(19,20)12-4-13(6-21-5-12)23-3-1-2-11(8-23)7-22-9-14(24)16(26)15(25)10-22/h4-6,11,14-16,24-26H,1-3,7-10H2/t11-,14?,15?,16?/m1/s1. The lowest BCUT2D eigenvalue weighted by Crippen LogP contribution is -2.56. The lowest BCUT2D eigenvalue weighted by atomic mass is 9.94. The van der Waals surface area contributed by atoms with Crippen molar-refractivity contribution in [2.75, 3.05) is 37.6 Å². The number of aromatic nitrogens is 1. The first-order chi connectivity index (χ1) is 12.2. The van der Waals surface area contributed by atoms with Crippen LogP contribution in [0.1, 0.15) is 18.4 Å². The second-order valence-electron chi connectivity index (χ2n) is 7.23. The van der Waals surface area contributed by atoms with Gasteiger partial charge in [0.15, 0.2) is 0 Å². The molecule has 6 nitrogen and oxygen atoms in total. The highest BCUT2D eigenvalue weighted by atomic mass is 19.4. The number of anilines is 1. The molecule has 9 heteroatoms. The van der Waals surface area contributed by atoms with Crippen LogP contribution in [0.4, 0.5) is 18.9 Å². The number of halogens is 3. The fourth-order valence-electron chi connectivity index (χ4n) is 3.79. The van der Waals surface area contributed by atoms with Crippen molar-refractivity contribution in [3.63, 3.8) is 0 Å². The molecule has 0 aliphatic carbocycles. The predicted molar refractivity (Wildman–Crippen MR) is 88.6 cm³/mol. The minimum atomic E-state index is -4.42. The maximum absolute atomic E-state index is 12.9. The van der Waals surface area contributed by atoms with Gasteiger partial charge in [-0.1, -0.05) is 0 Å². The summed E-state index contributed by atoms with van der Waals surface area (Å²) in [6.07, 6.45) is -3.49. The lowest BCUT2D eigenvalue weighted by Gasteiger charge is -2.41. The van der Waals surface area contributed by atoms with E-state index in [1.54, 1.807) is 0 Å². The molecule has 2 fully saturated rings. The highest BCUT2D eigenvalue weighted by molar-refractivity contribution is 5.47. The topological polar surface area (TPSA) is 80.1 Å².